The lowest BCUT2D eigenvalue weighted by molar-refractivity contribution is 0.376. The standard InChI is InChI=1S/C9H12N2O.ClH/c1-12-9-3-2-7(6-11-9)8-4-5-10-8;/h2-3,6,8,10H,4-5H2,1H3;1H/t8-;/m0./s1. The third-order valence-corrected chi connectivity index (χ3v) is 2.19. The molecule has 1 N–H and O–H groups in total. The fourth-order valence-electron chi connectivity index (χ4n) is 1.29. The number of hydrogen-bond donors (Lipinski definition) is 1. The fourth-order valence-corrected chi connectivity index (χ4v) is 1.29. The third kappa shape index (κ3) is 2.11. The van der Waals surface area contributed by atoms with Crippen molar-refractivity contribution in [1.29, 1.82) is 0 Å². The van der Waals surface area contributed by atoms with Crippen molar-refractivity contribution in [2.45, 2.75) is 12.5 Å². The van der Waals surface area contributed by atoms with E-state index in [1.165, 1.54) is 12.0 Å². The molecule has 1 aliphatic rings. The van der Waals surface area contributed by atoms with E-state index in [1.807, 2.05) is 12.3 Å². The third-order valence-electron chi connectivity index (χ3n) is 2.19. The zero-order valence-electron chi connectivity index (χ0n) is 7.49. The molecule has 0 spiro atoms. The average Bonchev–Trinajstić information content (AvgIpc) is 2.03. The molecule has 1 saturated heterocycles. The molecule has 13 heavy (non-hydrogen) atoms. The maximum Gasteiger partial charge on any atom is 0.212 e. The first-order chi connectivity index (χ1) is 5.90. The Hall–Kier alpha value is -0.800. The van der Waals surface area contributed by atoms with Crippen molar-refractivity contribution >= 4 is 12.4 Å². The Morgan fingerprint density at radius 3 is 2.69 bits per heavy atom. The number of ether oxygens (including phenoxy) is 1. The highest BCUT2D eigenvalue weighted by atomic mass is 35.5. The SMILES string of the molecule is COc1ccc([C@@H]2CCN2)cn1.Cl. The summed E-state index contributed by atoms with van der Waals surface area (Å²) in [6, 6.07) is 4.47. The molecule has 72 valence electrons. The highest BCUT2D eigenvalue weighted by Crippen LogP contribution is 2.22. The molecule has 1 aromatic rings. The molecule has 0 radical (unpaired) electrons. The molecule has 1 aromatic heterocycles. The van der Waals surface area contributed by atoms with Crippen molar-refractivity contribution in [2.24, 2.45) is 0 Å². The summed E-state index contributed by atoms with van der Waals surface area (Å²) in [4.78, 5) is 4.14. The number of rotatable bonds is 2. The number of pyridine rings is 1. The normalized spacial score (nSPS) is 19.9. The van der Waals surface area contributed by atoms with Crippen LogP contribution in [0.15, 0.2) is 18.3 Å². The molecule has 1 fully saturated rings. The maximum atomic E-state index is 4.97. The second kappa shape index (κ2) is 4.44. The van der Waals surface area contributed by atoms with Gasteiger partial charge in [0, 0.05) is 18.3 Å². The highest BCUT2D eigenvalue weighted by molar-refractivity contribution is 5.85. The predicted molar refractivity (Wildman–Crippen MR) is 53.4 cm³/mol. The summed E-state index contributed by atoms with van der Waals surface area (Å²) in [6.45, 7) is 1.12. The lowest BCUT2D eigenvalue weighted by Gasteiger charge is -2.27. The van der Waals surface area contributed by atoms with Gasteiger partial charge >= 0.3 is 0 Å². The Labute approximate surface area is 83.9 Å². The number of hydrogen-bond acceptors (Lipinski definition) is 3. The van der Waals surface area contributed by atoms with Crippen LogP contribution in [0.5, 0.6) is 5.88 Å². The second-order valence-corrected chi connectivity index (χ2v) is 2.93. The number of halogens is 1. The molecular weight excluding hydrogens is 188 g/mol. The molecule has 0 aliphatic carbocycles. The van der Waals surface area contributed by atoms with Gasteiger partial charge in [-0.1, -0.05) is 6.07 Å². The Kier molecular flexibility index (Phi) is 3.51. The van der Waals surface area contributed by atoms with E-state index < -0.39 is 0 Å². The van der Waals surface area contributed by atoms with E-state index in [2.05, 4.69) is 16.4 Å². The highest BCUT2D eigenvalue weighted by Gasteiger charge is 2.18. The molecule has 3 nitrogen and oxygen atoms in total. The van der Waals surface area contributed by atoms with Gasteiger partial charge in [0.15, 0.2) is 0 Å². The van der Waals surface area contributed by atoms with Crippen LogP contribution >= 0.6 is 12.4 Å². The van der Waals surface area contributed by atoms with E-state index in [9.17, 15) is 0 Å². The van der Waals surface area contributed by atoms with Gasteiger partial charge in [-0.3, -0.25) is 0 Å². The van der Waals surface area contributed by atoms with Crippen LogP contribution in [0.1, 0.15) is 18.0 Å². The number of methoxy groups -OCH3 is 1. The molecule has 1 atom stereocenters. The largest absolute Gasteiger partial charge is 0.481 e. The van der Waals surface area contributed by atoms with Gasteiger partial charge in [0.2, 0.25) is 5.88 Å². The molecule has 0 amide bonds. The molecule has 1 aliphatic heterocycles. The van der Waals surface area contributed by atoms with Gasteiger partial charge in [0.1, 0.15) is 0 Å². The van der Waals surface area contributed by atoms with Crippen LogP contribution in [-0.2, 0) is 0 Å². The lowest BCUT2D eigenvalue weighted by atomic mass is 10.00. The molecule has 2 heterocycles. The Balaban J connectivity index is 0.000000845. The van der Waals surface area contributed by atoms with Crippen molar-refractivity contribution in [2.75, 3.05) is 13.7 Å². The zero-order chi connectivity index (χ0) is 8.39. The number of aromatic nitrogens is 1. The first-order valence-electron chi connectivity index (χ1n) is 4.13. The molecule has 4 heteroatoms. The van der Waals surface area contributed by atoms with Gasteiger partial charge in [-0.25, -0.2) is 4.98 Å². The van der Waals surface area contributed by atoms with Crippen LogP contribution in [0.3, 0.4) is 0 Å². The van der Waals surface area contributed by atoms with Crippen molar-refractivity contribution in [3.8, 4) is 5.88 Å². The zero-order valence-corrected chi connectivity index (χ0v) is 8.30. The molecule has 2 rings (SSSR count). The maximum absolute atomic E-state index is 4.97. The minimum Gasteiger partial charge on any atom is -0.481 e. The topological polar surface area (TPSA) is 34.1 Å². The quantitative estimate of drug-likeness (QED) is 0.787. The van der Waals surface area contributed by atoms with Gasteiger partial charge in [-0.05, 0) is 18.5 Å². The van der Waals surface area contributed by atoms with Gasteiger partial charge in [0.05, 0.1) is 7.11 Å². The Morgan fingerprint density at radius 2 is 2.31 bits per heavy atom. The van der Waals surface area contributed by atoms with Crippen molar-refractivity contribution in [1.82, 2.24) is 10.3 Å². The van der Waals surface area contributed by atoms with E-state index in [-0.39, 0.29) is 12.4 Å². The van der Waals surface area contributed by atoms with Crippen molar-refractivity contribution in [3.05, 3.63) is 23.9 Å². The summed E-state index contributed by atoms with van der Waals surface area (Å²) in [5, 5.41) is 3.32. The van der Waals surface area contributed by atoms with Gasteiger partial charge in [-0.15, -0.1) is 12.4 Å². The van der Waals surface area contributed by atoms with Crippen LogP contribution in [-0.4, -0.2) is 18.6 Å². The molecule has 0 aromatic carbocycles. The van der Waals surface area contributed by atoms with Gasteiger partial charge in [0.25, 0.3) is 0 Å². The van der Waals surface area contributed by atoms with Gasteiger partial charge < -0.3 is 10.1 Å². The van der Waals surface area contributed by atoms with Crippen LogP contribution < -0.4 is 10.1 Å². The molecule has 0 saturated carbocycles. The number of nitrogens with zero attached hydrogens (tertiary/aromatic N) is 1. The Morgan fingerprint density at radius 1 is 1.54 bits per heavy atom. The van der Waals surface area contributed by atoms with Crippen LogP contribution in [0.25, 0.3) is 0 Å². The van der Waals surface area contributed by atoms with E-state index in [4.69, 9.17) is 4.74 Å². The molecular formula is C9H13ClN2O. The summed E-state index contributed by atoms with van der Waals surface area (Å²) in [7, 11) is 1.63. The van der Waals surface area contributed by atoms with E-state index >= 15 is 0 Å². The first-order valence-corrected chi connectivity index (χ1v) is 4.13. The van der Waals surface area contributed by atoms with Crippen LogP contribution in [0, 0.1) is 0 Å². The van der Waals surface area contributed by atoms with Crippen LogP contribution in [0.4, 0.5) is 0 Å². The molecule has 0 unspecified atom stereocenters. The van der Waals surface area contributed by atoms with Gasteiger partial charge in [-0.2, -0.15) is 0 Å². The summed E-state index contributed by atoms with van der Waals surface area (Å²) in [5.74, 6) is 0.679. The van der Waals surface area contributed by atoms with Crippen LogP contribution in [0.2, 0.25) is 0 Å². The Bertz CT molecular complexity index is 259. The number of nitrogens with one attached hydrogen (secondary N) is 1. The summed E-state index contributed by atoms with van der Waals surface area (Å²) in [5.41, 5.74) is 1.25. The predicted octanol–water partition coefficient (Wildman–Crippen LogP) is 1.55. The first kappa shape index (κ1) is 10.3. The minimum atomic E-state index is 0. The fraction of sp³-hybridized carbons (Fsp3) is 0.444. The van der Waals surface area contributed by atoms with E-state index in [1.54, 1.807) is 7.11 Å². The minimum absolute atomic E-state index is 0. The summed E-state index contributed by atoms with van der Waals surface area (Å²) in [6.07, 6.45) is 3.09. The summed E-state index contributed by atoms with van der Waals surface area (Å²) < 4.78 is 4.97. The van der Waals surface area contributed by atoms with Crippen molar-refractivity contribution < 1.29 is 4.74 Å². The average molecular weight is 201 g/mol. The van der Waals surface area contributed by atoms with Crippen molar-refractivity contribution in [3.63, 3.8) is 0 Å². The smallest absolute Gasteiger partial charge is 0.212 e. The molecule has 0 bridgehead atoms. The van der Waals surface area contributed by atoms with E-state index in [0.717, 1.165) is 6.54 Å². The summed E-state index contributed by atoms with van der Waals surface area (Å²) >= 11 is 0. The monoisotopic (exact) mass is 200 g/mol. The van der Waals surface area contributed by atoms with E-state index in [0.29, 0.717) is 11.9 Å². The second-order valence-electron chi connectivity index (χ2n) is 2.93. The lowest BCUT2D eigenvalue weighted by Crippen LogP contribution is -2.34.